The minimum atomic E-state index is -0.689. The van der Waals surface area contributed by atoms with Crippen LogP contribution >= 0.6 is 11.6 Å². The largest absolute Gasteiger partial charge is 0.355 e. The zero-order valence-electron chi connectivity index (χ0n) is 15.8. The Bertz CT molecular complexity index is 741. The summed E-state index contributed by atoms with van der Waals surface area (Å²) in [6.07, 6.45) is 11.3. The Morgan fingerprint density at radius 1 is 1.29 bits per heavy atom. The quantitative estimate of drug-likeness (QED) is 0.329. The zero-order valence-corrected chi connectivity index (χ0v) is 16.6. The molecule has 1 aromatic heterocycles. The second-order valence-electron chi connectivity index (χ2n) is 7.60. The summed E-state index contributed by atoms with van der Waals surface area (Å²) in [7, 11) is 0. The van der Waals surface area contributed by atoms with Crippen LogP contribution < -0.4 is 16.1 Å². The number of halogens is 1. The van der Waals surface area contributed by atoms with Crippen LogP contribution in [0.5, 0.6) is 0 Å². The number of hydroxylamine groups is 1. The van der Waals surface area contributed by atoms with Crippen LogP contribution in [0.3, 0.4) is 0 Å². The maximum Gasteiger partial charge on any atom is 0.267 e. The molecule has 0 spiro atoms. The first-order valence-corrected chi connectivity index (χ1v) is 10.2. The molecule has 2 aliphatic rings. The Morgan fingerprint density at radius 2 is 2.07 bits per heavy atom. The zero-order chi connectivity index (χ0) is 20.0. The van der Waals surface area contributed by atoms with E-state index in [-0.39, 0.29) is 11.7 Å². The molecule has 3 rings (SSSR count). The van der Waals surface area contributed by atoms with Crippen molar-refractivity contribution in [2.45, 2.75) is 50.5 Å². The van der Waals surface area contributed by atoms with Crippen LogP contribution in [-0.2, 0) is 9.59 Å². The maximum atomic E-state index is 13.4. The van der Waals surface area contributed by atoms with Crippen LogP contribution in [0.4, 0.5) is 5.82 Å². The summed E-state index contributed by atoms with van der Waals surface area (Å²) >= 11 is 6.41. The van der Waals surface area contributed by atoms with E-state index in [0.717, 1.165) is 45.1 Å². The lowest BCUT2D eigenvalue weighted by atomic mass is 9.75. The molecule has 0 unspecified atom stereocenters. The summed E-state index contributed by atoms with van der Waals surface area (Å²) in [5, 5.41) is 15.6. The normalized spacial score (nSPS) is 23.5. The van der Waals surface area contributed by atoms with Crippen molar-refractivity contribution in [3.05, 3.63) is 28.9 Å². The van der Waals surface area contributed by atoms with Gasteiger partial charge in [-0.2, -0.15) is 0 Å². The fourth-order valence-electron chi connectivity index (χ4n) is 4.11. The standard InChI is InChI=1S/C20H27ClN4O3/c21-16-11-14(7-8-17(26)25-28)12-23-19(16)24-20(9-4-10-22-13-20)18(27)15-5-2-1-3-6-15/h7-8,11-12,15,22,28H,1-6,9-10,13H2,(H,23,24)(H,25,26)/b8-7+/t20-/m1/s1. The average molecular weight is 407 g/mol. The molecule has 1 aliphatic carbocycles. The van der Waals surface area contributed by atoms with Crippen LogP contribution in [0.25, 0.3) is 6.08 Å². The van der Waals surface area contributed by atoms with E-state index in [1.807, 2.05) is 0 Å². The van der Waals surface area contributed by atoms with Gasteiger partial charge in [-0.05, 0) is 49.9 Å². The van der Waals surface area contributed by atoms with E-state index in [2.05, 4.69) is 15.6 Å². The van der Waals surface area contributed by atoms with Gasteiger partial charge in [-0.1, -0.05) is 30.9 Å². The molecular weight excluding hydrogens is 380 g/mol. The number of hydrogen-bond donors (Lipinski definition) is 4. The fourth-order valence-corrected chi connectivity index (χ4v) is 4.33. The van der Waals surface area contributed by atoms with Gasteiger partial charge in [0, 0.05) is 24.7 Å². The highest BCUT2D eigenvalue weighted by Crippen LogP contribution is 2.34. The van der Waals surface area contributed by atoms with Crippen molar-refractivity contribution in [2.75, 3.05) is 18.4 Å². The van der Waals surface area contributed by atoms with E-state index >= 15 is 0 Å². The molecule has 1 saturated carbocycles. The lowest BCUT2D eigenvalue weighted by Gasteiger charge is -2.40. The molecule has 1 atom stereocenters. The summed E-state index contributed by atoms with van der Waals surface area (Å²) in [6, 6.07) is 1.67. The van der Waals surface area contributed by atoms with E-state index in [0.29, 0.717) is 22.9 Å². The topological polar surface area (TPSA) is 103 Å². The summed E-state index contributed by atoms with van der Waals surface area (Å²) in [6.45, 7) is 1.47. The Labute approximate surface area is 169 Å². The third-order valence-electron chi connectivity index (χ3n) is 5.59. The average Bonchev–Trinajstić information content (AvgIpc) is 2.74. The molecule has 1 aliphatic heterocycles. The minimum Gasteiger partial charge on any atom is -0.355 e. The van der Waals surface area contributed by atoms with Crippen LogP contribution in [0.2, 0.25) is 5.02 Å². The van der Waals surface area contributed by atoms with Gasteiger partial charge in [0.25, 0.3) is 5.91 Å². The van der Waals surface area contributed by atoms with Crippen molar-refractivity contribution >= 4 is 35.2 Å². The van der Waals surface area contributed by atoms with Crippen LogP contribution in [0.1, 0.15) is 50.5 Å². The maximum absolute atomic E-state index is 13.4. The number of piperidine rings is 1. The molecular formula is C20H27ClN4O3. The van der Waals surface area contributed by atoms with Crippen molar-refractivity contribution in [3.8, 4) is 0 Å². The van der Waals surface area contributed by atoms with E-state index in [9.17, 15) is 9.59 Å². The van der Waals surface area contributed by atoms with Crippen molar-refractivity contribution in [2.24, 2.45) is 5.92 Å². The summed E-state index contributed by atoms with van der Waals surface area (Å²) < 4.78 is 0. The molecule has 1 amide bonds. The number of aromatic nitrogens is 1. The van der Waals surface area contributed by atoms with Crippen molar-refractivity contribution in [1.82, 2.24) is 15.8 Å². The monoisotopic (exact) mass is 406 g/mol. The van der Waals surface area contributed by atoms with Gasteiger partial charge in [0.2, 0.25) is 0 Å². The minimum absolute atomic E-state index is 0.0964. The number of pyridine rings is 1. The third-order valence-corrected chi connectivity index (χ3v) is 5.88. The van der Waals surface area contributed by atoms with Crippen LogP contribution in [0.15, 0.2) is 18.3 Å². The summed E-state index contributed by atoms with van der Waals surface area (Å²) in [5.74, 6) is 0.196. The van der Waals surface area contributed by atoms with Crippen LogP contribution in [-0.4, -0.2) is 40.5 Å². The van der Waals surface area contributed by atoms with Gasteiger partial charge >= 0.3 is 0 Å². The molecule has 0 aromatic carbocycles. The van der Waals surface area contributed by atoms with Gasteiger partial charge in [0.15, 0.2) is 5.78 Å². The first kappa shape index (κ1) is 20.8. The number of rotatable bonds is 6. The number of nitrogens with zero attached hydrogens (tertiary/aromatic N) is 1. The number of anilines is 1. The van der Waals surface area contributed by atoms with Gasteiger partial charge in [0.1, 0.15) is 11.4 Å². The first-order chi connectivity index (χ1) is 13.5. The smallest absolute Gasteiger partial charge is 0.267 e. The predicted octanol–water partition coefficient (Wildman–Crippen LogP) is 2.94. The molecule has 1 saturated heterocycles. The fraction of sp³-hybridized carbons (Fsp3) is 0.550. The number of nitrogens with one attached hydrogen (secondary N) is 3. The van der Waals surface area contributed by atoms with E-state index in [4.69, 9.17) is 16.8 Å². The lowest BCUT2D eigenvalue weighted by Crippen LogP contribution is -2.59. The highest BCUT2D eigenvalue weighted by molar-refractivity contribution is 6.33. The molecule has 28 heavy (non-hydrogen) atoms. The second kappa shape index (κ2) is 9.49. The first-order valence-electron chi connectivity index (χ1n) is 9.85. The molecule has 0 bridgehead atoms. The van der Waals surface area contributed by atoms with Crippen molar-refractivity contribution in [1.29, 1.82) is 0 Å². The van der Waals surface area contributed by atoms with Gasteiger partial charge in [-0.15, -0.1) is 0 Å². The lowest BCUT2D eigenvalue weighted by molar-refractivity contribution is -0.129. The van der Waals surface area contributed by atoms with Crippen molar-refractivity contribution in [3.63, 3.8) is 0 Å². The van der Waals surface area contributed by atoms with Gasteiger partial charge in [-0.3, -0.25) is 14.8 Å². The van der Waals surface area contributed by atoms with E-state index in [1.165, 1.54) is 24.1 Å². The Morgan fingerprint density at radius 3 is 2.71 bits per heavy atom. The number of carbonyl (C=O) groups is 2. The highest BCUT2D eigenvalue weighted by atomic mass is 35.5. The summed E-state index contributed by atoms with van der Waals surface area (Å²) in [5.41, 5.74) is 1.46. The molecule has 7 nitrogen and oxygen atoms in total. The number of hydrogen-bond acceptors (Lipinski definition) is 6. The molecule has 0 radical (unpaired) electrons. The van der Waals surface area contributed by atoms with Gasteiger partial charge < -0.3 is 10.6 Å². The molecule has 4 N–H and O–H groups in total. The Kier molecular flexibility index (Phi) is 7.04. The molecule has 2 heterocycles. The summed E-state index contributed by atoms with van der Waals surface area (Å²) in [4.78, 5) is 28.9. The van der Waals surface area contributed by atoms with Crippen molar-refractivity contribution < 1.29 is 14.8 Å². The molecule has 1 aromatic rings. The van der Waals surface area contributed by atoms with Gasteiger partial charge in [0.05, 0.1) is 5.02 Å². The number of amides is 1. The molecule has 2 fully saturated rings. The Hall–Kier alpha value is -1.96. The van der Waals surface area contributed by atoms with E-state index in [1.54, 1.807) is 12.3 Å². The second-order valence-corrected chi connectivity index (χ2v) is 8.00. The Balaban J connectivity index is 1.80. The predicted molar refractivity (Wildman–Crippen MR) is 108 cm³/mol. The highest BCUT2D eigenvalue weighted by Gasteiger charge is 2.43. The molecule has 152 valence electrons. The number of carbonyl (C=O) groups excluding carboxylic acids is 2. The third kappa shape index (κ3) is 4.90. The van der Waals surface area contributed by atoms with E-state index < -0.39 is 11.4 Å². The van der Waals surface area contributed by atoms with Gasteiger partial charge in [-0.25, -0.2) is 10.5 Å². The number of ketones is 1. The van der Waals surface area contributed by atoms with Crippen LogP contribution in [0, 0.1) is 5.92 Å². The SMILES string of the molecule is O=C(/C=C/c1cnc(N[C@]2(C(=O)C3CCCCC3)CCCNC2)c(Cl)c1)NO. The molecule has 8 heteroatoms. The number of Topliss-reactive ketones (excluding diaryl/α,β-unsaturated/α-hetero) is 1.